The van der Waals surface area contributed by atoms with Gasteiger partial charge in [0.1, 0.15) is 5.75 Å². The Labute approximate surface area is 150 Å². The summed E-state index contributed by atoms with van der Waals surface area (Å²) < 4.78 is 5.31. The van der Waals surface area contributed by atoms with Gasteiger partial charge in [0.2, 0.25) is 5.91 Å². The summed E-state index contributed by atoms with van der Waals surface area (Å²) in [5.74, 6) is 1.30. The van der Waals surface area contributed by atoms with Gasteiger partial charge in [-0.25, -0.2) is 0 Å². The van der Waals surface area contributed by atoms with Crippen molar-refractivity contribution in [2.75, 3.05) is 12.4 Å². The number of ether oxygens (including phenoxy) is 1. The number of thioether (sulfide) groups is 1. The molecule has 0 saturated heterocycles. The molecule has 0 heterocycles. The molecule has 0 aliphatic carbocycles. The first-order chi connectivity index (χ1) is 11.0. The second-order valence-corrected chi connectivity index (χ2v) is 7.05. The Kier molecular flexibility index (Phi) is 6.63. The minimum absolute atomic E-state index is 0.0934. The van der Waals surface area contributed by atoms with Gasteiger partial charge in [0.15, 0.2) is 0 Å². The maximum atomic E-state index is 12.3. The maximum absolute atomic E-state index is 12.3. The molecule has 23 heavy (non-hydrogen) atoms. The van der Waals surface area contributed by atoms with Crippen LogP contribution in [0.2, 0.25) is 10.0 Å². The van der Waals surface area contributed by atoms with E-state index in [9.17, 15) is 4.79 Å². The van der Waals surface area contributed by atoms with Crippen LogP contribution in [0.4, 0.5) is 5.69 Å². The Balaban J connectivity index is 1.97. The zero-order valence-corrected chi connectivity index (χ0v) is 15.1. The topological polar surface area (TPSA) is 38.3 Å². The van der Waals surface area contributed by atoms with Crippen molar-refractivity contribution in [1.29, 1.82) is 0 Å². The Bertz CT molecular complexity index is 694. The minimum atomic E-state index is -0.241. The van der Waals surface area contributed by atoms with Gasteiger partial charge in [-0.15, -0.1) is 11.8 Å². The summed E-state index contributed by atoms with van der Waals surface area (Å²) >= 11 is 13.6. The molecule has 0 aliphatic rings. The fourth-order valence-electron chi connectivity index (χ4n) is 1.95. The van der Waals surface area contributed by atoms with E-state index < -0.39 is 0 Å². The van der Waals surface area contributed by atoms with Gasteiger partial charge in [-0.3, -0.25) is 4.79 Å². The molecule has 3 nitrogen and oxygen atoms in total. The number of hydrogen-bond acceptors (Lipinski definition) is 3. The maximum Gasteiger partial charge on any atom is 0.237 e. The van der Waals surface area contributed by atoms with Gasteiger partial charge >= 0.3 is 0 Å². The van der Waals surface area contributed by atoms with Crippen molar-refractivity contribution in [1.82, 2.24) is 0 Å². The molecule has 1 atom stereocenters. The van der Waals surface area contributed by atoms with Gasteiger partial charge in [-0.05, 0) is 37.3 Å². The fourth-order valence-corrected chi connectivity index (χ4v) is 3.19. The Morgan fingerprint density at radius 2 is 2.00 bits per heavy atom. The quantitative estimate of drug-likeness (QED) is 0.754. The highest BCUT2D eigenvalue weighted by Crippen LogP contribution is 2.29. The Morgan fingerprint density at radius 1 is 1.26 bits per heavy atom. The van der Waals surface area contributed by atoms with Gasteiger partial charge in [-0.1, -0.05) is 35.3 Å². The number of methoxy groups -OCH3 is 1. The standard InChI is InChI=1S/C17H17Cl2NO2S/c1-11(17(21)20-15-6-4-3-5-14(15)19)23-10-12-9-13(18)7-8-16(12)22-2/h3-9,11H,10H2,1-2H3,(H,20,21). The van der Waals surface area contributed by atoms with Crippen molar-refractivity contribution in [3.63, 3.8) is 0 Å². The minimum Gasteiger partial charge on any atom is -0.496 e. The highest BCUT2D eigenvalue weighted by Gasteiger charge is 2.16. The number of para-hydroxylation sites is 1. The summed E-state index contributed by atoms with van der Waals surface area (Å²) in [4.78, 5) is 12.3. The zero-order valence-electron chi connectivity index (χ0n) is 12.8. The van der Waals surface area contributed by atoms with Crippen LogP contribution in [0.5, 0.6) is 5.75 Å². The van der Waals surface area contributed by atoms with Crippen molar-refractivity contribution >= 4 is 46.6 Å². The molecule has 0 radical (unpaired) electrons. The Hall–Kier alpha value is -1.36. The lowest BCUT2D eigenvalue weighted by atomic mass is 10.2. The van der Waals surface area contributed by atoms with E-state index in [1.807, 2.05) is 31.2 Å². The molecule has 0 saturated carbocycles. The van der Waals surface area contributed by atoms with Crippen LogP contribution in [0, 0.1) is 0 Å². The van der Waals surface area contributed by atoms with Crippen LogP contribution in [0.1, 0.15) is 12.5 Å². The van der Waals surface area contributed by atoms with E-state index in [2.05, 4.69) is 5.32 Å². The largest absolute Gasteiger partial charge is 0.496 e. The number of anilines is 1. The van der Waals surface area contributed by atoms with Crippen molar-refractivity contribution in [2.24, 2.45) is 0 Å². The van der Waals surface area contributed by atoms with Crippen molar-refractivity contribution in [3.05, 3.63) is 58.1 Å². The molecule has 0 aliphatic heterocycles. The number of nitrogens with one attached hydrogen (secondary N) is 1. The van der Waals surface area contributed by atoms with Crippen LogP contribution in [0.3, 0.4) is 0 Å². The van der Waals surface area contributed by atoms with Crippen LogP contribution >= 0.6 is 35.0 Å². The first kappa shape index (κ1) is 18.0. The summed E-state index contributed by atoms with van der Waals surface area (Å²) in [5, 5.41) is 3.77. The second kappa shape index (κ2) is 8.48. The third-order valence-corrected chi connectivity index (χ3v) is 4.99. The van der Waals surface area contributed by atoms with Gasteiger partial charge in [0, 0.05) is 16.3 Å². The van der Waals surface area contributed by atoms with Crippen molar-refractivity contribution in [3.8, 4) is 5.75 Å². The molecular weight excluding hydrogens is 353 g/mol. The lowest BCUT2D eigenvalue weighted by molar-refractivity contribution is -0.115. The summed E-state index contributed by atoms with van der Waals surface area (Å²) in [6.45, 7) is 1.86. The third kappa shape index (κ3) is 5.06. The molecule has 2 aromatic rings. The normalized spacial score (nSPS) is 11.8. The van der Waals surface area contributed by atoms with Gasteiger partial charge in [-0.2, -0.15) is 0 Å². The highest BCUT2D eigenvalue weighted by molar-refractivity contribution is 7.99. The predicted octanol–water partition coefficient (Wildman–Crippen LogP) is 5.26. The highest BCUT2D eigenvalue weighted by atomic mass is 35.5. The molecule has 0 spiro atoms. The van der Waals surface area contributed by atoms with Gasteiger partial charge in [0.25, 0.3) is 0 Å². The van der Waals surface area contributed by atoms with E-state index in [1.54, 1.807) is 25.3 Å². The average Bonchev–Trinajstić information content (AvgIpc) is 2.54. The number of carbonyl (C=O) groups is 1. The molecule has 0 fully saturated rings. The van der Waals surface area contributed by atoms with E-state index in [0.29, 0.717) is 21.5 Å². The number of benzene rings is 2. The summed E-state index contributed by atoms with van der Waals surface area (Å²) in [6, 6.07) is 12.6. The van der Waals surface area contributed by atoms with Crippen molar-refractivity contribution in [2.45, 2.75) is 17.9 Å². The number of rotatable bonds is 6. The molecule has 2 rings (SSSR count). The van der Waals surface area contributed by atoms with E-state index in [1.165, 1.54) is 11.8 Å². The molecule has 0 bridgehead atoms. The van der Waals surface area contributed by atoms with E-state index in [0.717, 1.165) is 11.3 Å². The predicted molar refractivity (Wildman–Crippen MR) is 98.8 cm³/mol. The van der Waals surface area contributed by atoms with Crippen LogP contribution in [0.15, 0.2) is 42.5 Å². The van der Waals surface area contributed by atoms with Gasteiger partial charge < -0.3 is 10.1 Å². The van der Waals surface area contributed by atoms with Crippen LogP contribution in [-0.4, -0.2) is 18.3 Å². The summed E-state index contributed by atoms with van der Waals surface area (Å²) in [6.07, 6.45) is 0. The van der Waals surface area contributed by atoms with Crippen LogP contribution in [-0.2, 0) is 10.5 Å². The van der Waals surface area contributed by atoms with E-state index in [4.69, 9.17) is 27.9 Å². The number of hydrogen-bond donors (Lipinski definition) is 1. The van der Waals surface area contributed by atoms with Crippen LogP contribution < -0.4 is 10.1 Å². The summed E-state index contributed by atoms with van der Waals surface area (Å²) in [7, 11) is 1.62. The second-order valence-electron chi connectivity index (χ2n) is 4.88. The van der Waals surface area contributed by atoms with Gasteiger partial charge in [0.05, 0.1) is 23.1 Å². The zero-order chi connectivity index (χ0) is 16.8. The molecule has 6 heteroatoms. The molecule has 2 aromatic carbocycles. The number of halogens is 2. The first-order valence-corrected chi connectivity index (χ1v) is 8.81. The lowest BCUT2D eigenvalue weighted by Crippen LogP contribution is -2.22. The SMILES string of the molecule is COc1ccc(Cl)cc1CSC(C)C(=O)Nc1ccccc1Cl. The number of amides is 1. The smallest absolute Gasteiger partial charge is 0.237 e. The molecule has 1 N–H and O–H groups in total. The molecule has 122 valence electrons. The van der Waals surface area contributed by atoms with Crippen LogP contribution in [0.25, 0.3) is 0 Å². The molecule has 1 unspecified atom stereocenters. The van der Waals surface area contributed by atoms with E-state index >= 15 is 0 Å². The lowest BCUT2D eigenvalue weighted by Gasteiger charge is -2.14. The molecular formula is C17H17Cl2NO2S. The first-order valence-electron chi connectivity index (χ1n) is 7.00. The molecule has 1 amide bonds. The fraction of sp³-hybridized carbons (Fsp3) is 0.235. The average molecular weight is 370 g/mol. The molecule has 0 aromatic heterocycles. The van der Waals surface area contributed by atoms with E-state index in [-0.39, 0.29) is 11.2 Å². The monoisotopic (exact) mass is 369 g/mol. The number of carbonyl (C=O) groups excluding carboxylic acids is 1. The Morgan fingerprint density at radius 3 is 2.70 bits per heavy atom. The summed E-state index contributed by atoms with van der Waals surface area (Å²) in [5.41, 5.74) is 1.58. The van der Waals surface area contributed by atoms with Crippen molar-refractivity contribution < 1.29 is 9.53 Å². The third-order valence-electron chi connectivity index (χ3n) is 3.23.